The molecule has 0 bridgehead atoms. The maximum Gasteiger partial charge on any atom is 0.328 e. The lowest BCUT2D eigenvalue weighted by Crippen LogP contribution is -2.48. The van der Waals surface area contributed by atoms with Crippen LogP contribution in [0, 0.1) is 6.92 Å². The average molecular weight is 461 g/mol. The van der Waals surface area contributed by atoms with Crippen molar-refractivity contribution in [3.8, 4) is 5.75 Å². The number of sulfonamides is 1. The molecule has 1 N–H and O–H groups in total. The molecule has 2 aromatic rings. The summed E-state index contributed by atoms with van der Waals surface area (Å²) in [6.45, 7) is 4.25. The lowest BCUT2D eigenvalue weighted by molar-refractivity contribution is -0.149. The van der Waals surface area contributed by atoms with Crippen molar-refractivity contribution in [2.75, 3.05) is 25.0 Å². The second kappa shape index (κ2) is 10.0. The van der Waals surface area contributed by atoms with Crippen LogP contribution in [0.15, 0.2) is 47.4 Å². The SMILES string of the molecule is CCOC(=O)C1CCCCN1C(=O)c1ccc(OC)c(S(=O)(=O)Nc2ccc(C)cc2)c1. The molecular formula is C23H28N2O6S. The lowest BCUT2D eigenvalue weighted by atomic mass is 10.0. The van der Waals surface area contributed by atoms with Crippen molar-refractivity contribution in [2.45, 2.75) is 44.0 Å². The summed E-state index contributed by atoms with van der Waals surface area (Å²) < 4.78 is 39.1. The zero-order valence-electron chi connectivity index (χ0n) is 18.5. The second-order valence-electron chi connectivity index (χ2n) is 7.60. The van der Waals surface area contributed by atoms with Crippen LogP contribution in [0.25, 0.3) is 0 Å². The molecule has 0 radical (unpaired) electrons. The number of rotatable bonds is 7. The number of nitrogens with zero attached hydrogens (tertiary/aromatic N) is 1. The van der Waals surface area contributed by atoms with Crippen LogP contribution in [0.1, 0.15) is 42.1 Å². The van der Waals surface area contributed by atoms with E-state index in [4.69, 9.17) is 9.47 Å². The van der Waals surface area contributed by atoms with E-state index in [2.05, 4.69) is 4.72 Å². The van der Waals surface area contributed by atoms with Crippen LogP contribution in [0.4, 0.5) is 5.69 Å². The molecule has 1 heterocycles. The third-order valence-corrected chi connectivity index (χ3v) is 6.73. The van der Waals surface area contributed by atoms with E-state index >= 15 is 0 Å². The highest BCUT2D eigenvalue weighted by Crippen LogP contribution is 2.29. The Labute approximate surface area is 188 Å². The molecule has 1 unspecified atom stereocenters. The summed E-state index contributed by atoms with van der Waals surface area (Å²) in [6, 6.07) is 10.5. The molecule has 9 heteroatoms. The lowest BCUT2D eigenvalue weighted by Gasteiger charge is -2.34. The van der Waals surface area contributed by atoms with Gasteiger partial charge < -0.3 is 14.4 Å². The standard InChI is InChI=1S/C23H28N2O6S/c1-4-31-23(27)19-7-5-6-14-25(19)22(26)17-10-13-20(30-3)21(15-17)32(28,29)24-18-11-8-16(2)9-12-18/h8-13,15,19,24H,4-7,14H2,1-3H3. The summed E-state index contributed by atoms with van der Waals surface area (Å²) in [6.07, 6.45) is 2.09. The van der Waals surface area contributed by atoms with Crippen molar-refractivity contribution < 1.29 is 27.5 Å². The van der Waals surface area contributed by atoms with Crippen molar-refractivity contribution in [1.82, 2.24) is 4.90 Å². The first-order valence-corrected chi connectivity index (χ1v) is 12.0. The Morgan fingerprint density at radius 1 is 1.12 bits per heavy atom. The van der Waals surface area contributed by atoms with Gasteiger partial charge in [-0.25, -0.2) is 13.2 Å². The number of esters is 1. The minimum atomic E-state index is -4.03. The maximum absolute atomic E-state index is 13.3. The van der Waals surface area contributed by atoms with Gasteiger partial charge in [-0.3, -0.25) is 9.52 Å². The van der Waals surface area contributed by atoms with Crippen LogP contribution in [-0.4, -0.2) is 51.5 Å². The highest BCUT2D eigenvalue weighted by atomic mass is 32.2. The van der Waals surface area contributed by atoms with E-state index in [1.165, 1.54) is 30.2 Å². The first kappa shape index (κ1) is 23.6. The Hall–Kier alpha value is -3.07. The molecule has 1 aliphatic rings. The van der Waals surface area contributed by atoms with Gasteiger partial charge in [-0.1, -0.05) is 17.7 Å². The Morgan fingerprint density at radius 2 is 1.84 bits per heavy atom. The minimum Gasteiger partial charge on any atom is -0.495 e. The first-order chi connectivity index (χ1) is 15.3. The van der Waals surface area contributed by atoms with E-state index in [-0.39, 0.29) is 22.8 Å². The van der Waals surface area contributed by atoms with E-state index in [9.17, 15) is 18.0 Å². The fourth-order valence-electron chi connectivity index (χ4n) is 3.68. The van der Waals surface area contributed by atoms with Gasteiger partial charge >= 0.3 is 5.97 Å². The minimum absolute atomic E-state index is 0.113. The number of hydrogen-bond donors (Lipinski definition) is 1. The molecule has 0 saturated carbocycles. The summed E-state index contributed by atoms with van der Waals surface area (Å²) in [5, 5.41) is 0. The Balaban J connectivity index is 1.93. The number of amides is 1. The van der Waals surface area contributed by atoms with E-state index in [1.54, 1.807) is 31.2 Å². The predicted octanol–water partition coefficient (Wildman–Crippen LogP) is 3.36. The third kappa shape index (κ3) is 5.21. The fourth-order valence-corrected chi connectivity index (χ4v) is 4.93. The van der Waals surface area contributed by atoms with Gasteiger partial charge in [0.2, 0.25) is 0 Å². The van der Waals surface area contributed by atoms with E-state index in [0.29, 0.717) is 18.7 Å². The van der Waals surface area contributed by atoms with Crippen LogP contribution in [0.3, 0.4) is 0 Å². The highest BCUT2D eigenvalue weighted by Gasteiger charge is 2.34. The molecule has 0 aromatic heterocycles. The quantitative estimate of drug-likeness (QED) is 0.636. The Bertz CT molecular complexity index is 1080. The van der Waals surface area contributed by atoms with Gasteiger partial charge in [0.05, 0.1) is 13.7 Å². The Kier molecular flexibility index (Phi) is 7.40. The molecule has 1 fully saturated rings. The molecule has 0 aliphatic carbocycles. The molecule has 3 rings (SSSR count). The number of anilines is 1. The number of methoxy groups -OCH3 is 1. The summed E-state index contributed by atoms with van der Waals surface area (Å²) in [7, 11) is -2.67. The smallest absolute Gasteiger partial charge is 0.328 e. The average Bonchev–Trinajstić information content (AvgIpc) is 2.79. The highest BCUT2D eigenvalue weighted by molar-refractivity contribution is 7.92. The number of likely N-dealkylation sites (tertiary alicyclic amines) is 1. The predicted molar refractivity (Wildman–Crippen MR) is 120 cm³/mol. The van der Waals surface area contributed by atoms with E-state index in [1.807, 2.05) is 6.92 Å². The molecule has 2 aromatic carbocycles. The van der Waals surface area contributed by atoms with Crippen molar-refractivity contribution in [2.24, 2.45) is 0 Å². The van der Waals surface area contributed by atoms with Gasteiger partial charge in [0.15, 0.2) is 0 Å². The van der Waals surface area contributed by atoms with Gasteiger partial charge in [0.25, 0.3) is 15.9 Å². The molecule has 1 atom stereocenters. The van der Waals surface area contributed by atoms with Crippen LogP contribution >= 0.6 is 0 Å². The van der Waals surface area contributed by atoms with Gasteiger partial charge in [0.1, 0.15) is 16.7 Å². The van der Waals surface area contributed by atoms with Crippen molar-refractivity contribution in [3.63, 3.8) is 0 Å². The molecule has 32 heavy (non-hydrogen) atoms. The first-order valence-electron chi connectivity index (χ1n) is 10.5. The Morgan fingerprint density at radius 3 is 2.50 bits per heavy atom. The number of aryl methyl sites for hydroxylation is 1. The number of hydrogen-bond acceptors (Lipinski definition) is 6. The van der Waals surface area contributed by atoms with Crippen molar-refractivity contribution in [1.29, 1.82) is 0 Å². The van der Waals surface area contributed by atoms with E-state index < -0.39 is 27.9 Å². The molecule has 1 aliphatic heterocycles. The van der Waals surface area contributed by atoms with Crippen molar-refractivity contribution >= 4 is 27.6 Å². The van der Waals surface area contributed by atoms with Crippen LogP contribution in [-0.2, 0) is 19.6 Å². The number of carbonyl (C=O) groups excluding carboxylic acids is 2. The maximum atomic E-state index is 13.3. The number of ether oxygens (including phenoxy) is 2. The van der Waals surface area contributed by atoms with E-state index in [0.717, 1.165) is 18.4 Å². The summed E-state index contributed by atoms with van der Waals surface area (Å²) >= 11 is 0. The molecule has 8 nitrogen and oxygen atoms in total. The molecule has 0 spiro atoms. The van der Waals surface area contributed by atoms with Crippen molar-refractivity contribution in [3.05, 3.63) is 53.6 Å². The normalized spacial score (nSPS) is 16.3. The zero-order chi connectivity index (χ0) is 23.3. The summed E-state index contributed by atoms with van der Waals surface area (Å²) in [5.74, 6) is -0.748. The van der Waals surface area contributed by atoms with Crippen LogP contribution in [0.2, 0.25) is 0 Å². The van der Waals surface area contributed by atoms with Crippen LogP contribution < -0.4 is 9.46 Å². The number of nitrogens with one attached hydrogen (secondary N) is 1. The summed E-state index contributed by atoms with van der Waals surface area (Å²) in [4.78, 5) is 26.9. The second-order valence-corrected chi connectivity index (χ2v) is 9.25. The number of carbonyl (C=O) groups is 2. The van der Waals surface area contributed by atoms with Gasteiger partial charge in [-0.05, 0) is 63.4 Å². The third-order valence-electron chi connectivity index (χ3n) is 5.33. The fraction of sp³-hybridized carbons (Fsp3) is 0.391. The molecule has 172 valence electrons. The van der Waals surface area contributed by atoms with Gasteiger partial charge in [0, 0.05) is 17.8 Å². The molecular weight excluding hydrogens is 432 g/mol. The number of piperidine rings is 1. The number of benzene rings is 2. The largest absolute Gasteiger partial charge is 0.495 e. The molecule has 1 amide bonds. The zero-order valence-corrected chi connectivity index (χ0v) is 19.3. The topological polar surface area (TPSA) is 102 Å². The monoisotopic (exact) mass is 460 g/mol. The van der Waals surface area contributed by atoms with Gasteiger partial charge in [-0.2, -0.15) is 0 Å². The molecule has 1 saturated heterocycles. The van der Waals surface area contributed by atoms with Crippen LogP contribution in [0.5, 0.6) is 5.75 Å². The van der Waals surface area contributed by atoms with Gasteiger partial charge in [-0.15, -0.1) is 0 Å². The summed E-state index contributed by atoms with van der Waals surface area (Å²) in [5.41, 5.74) is 1.55.